The summed E-state index contributed by atoms with van der Waals surface area (Å²) in [4.78, 5) is 11.9. The van der Waals surface area contributed by atoms with Crippen molar-refractivity contribution in [3.8, 4) is 0 Å². The topological polar surface area (TPSA) is 50.4 Å². The number of carbonyl (C=O) groups is 1. The van der Waals surface area contributed by atoms with Gasteiger partial charge in [0.2, 0.25) is 5.91 Å². The molecule has 1 amide bonds. The molecule has 106 valence electrons. The minimum absolute atomic E-state index is 0. The summed E-state index contributed by atoms with van der Waals surface area (Å²) < 4.78 is 31.3. The van der Waals surface area contributed by atoms with Gasteiger partial charge in [-0.1, -0.05) is 0 Å². The molecule has 4 nitrogen and oxygen atoms in total. The quantitative estimate of drug-likeness (QED) is 0.872. The second kappa shape index (κ2) is 6.79. The molecule has 7 heteroatoms. The van der Waals surface area contributed by atoms with Gasteiger partial charge in [0.25, 0.3) is 0 Å². The summed E-state index contributed by atoms with van der Waals surface area (Å²) in [6.45, 7) is 2.88. The maximum atomic E-state index is 13.0. The molecular formula is C12H15ClF2N2O2. The average molecular weight is 293 g/mol. The van der Waals surface area contributed by atoms with E-state index in [0.717, 1.165) is 18.2 Å². The van der Waals surface area contributed by atoms with Crippen molar-refractivity contribution in [3.63, 3.8) is 0 Å². The zero-order chi connectivity index (χ0) is 13.1. The Morgan fingerprint density at radius 2 is 2.00 bits per heavy atom. The summed E-state index contributed by atoms with van der Waals surface area (Å²) in [6.07, 6.45) is -0.280. The van der Waals surface area contributed by atoms with Crippen LogP contribution in [0, 0.1) is 11.6 Å². The summed E-state index contributed by atoms with van der Waals surface area (Å²) in [7, 11) is 0. The van der Waals surface area contributed by atoms with Crippen molar-refractivity contribution in [1.82, 2.24) is 5.32 Å². The summed E-state index contributed by atoms with van der Waals surface area (Å²) in [5.74, 6) is -1.83. The number of anilines is 1. The first-order valence-corrected chi connectivity index (χ1v) is 5.68. The third kappa shape index (κ3) is 4.12. The minimum atomic E-state index is -0.730. The first-order chi connectivity index (χ1) is 8.56. The van der Waals surface area contributed by atoms with Crippen LogP contribution in [0.25, 0.3) is 0 Å². The Morgan fingerprint density at radius 3 is 2.58 bits per heavy atom. The van der Waals surface area contributed by atoms with Crippen molar-refractivity contribution in [1.29, 1.82) is 0 Å². The Hall–Kier alpha value is -1.24. The Kier molecular flexibility index (Phi) is 5.65. The van der Waals surface area contributed by atoms with Crippen LogP contribution in [0.1, 0.15) is 6.92 Å². The van der Waals surface area contributed by atoms with Crippen LogP contribution in [-0.2, 0) is 9.53 Å². The molecule has 1 saturated heterocycles. The van der Waals surface area contributed by atoms with E-state index in [0.29, 0.717) is 13.2 Å². The first-order valence-electron chi connectivity index (χ1n) is 5.68. The van der Waals surface area contributed by atoms with Crippen LogP contribution in [0.2, 0.25) is 0 Å². The minimum Gasteiger partial charge on any atom is -0.375 e. The Labute approximate surface area is 115 Å². The van der Waals surface area contributed by atoms with Gasteiger partial charge in [0.1, 0.15) is 17.7 Å². The molecule has 0 aromatic heterocycles. The van der Waals surface area contributed by atoms with Crippen LogP contribution >= 0.6 is 12.4 Å². The molecule has 2 N–H and O–H groups in total. The van der Waals surface area contributed by atoms with E-state index in [2.05, 4.69) is 10.6 Å². The lowest BCUT2D eigenvalue weighted by molar-refractivity contribution is -0.123. The fourth-order valence-corrected chi connectivity index (χ4v) is 1.87. The lowest BCUT2D eigenvalue weighted by atomic mass is 10.1. The second-order valence-corrected chi connectivity index (χ2v) is 4.16. The SMILES string of the molecule is C[C@H]1OCCN[C@@H]1C(=O)Nc1cc(F)cc(F)c1.Cl. The van der Waals surface area contributed by atoms with Crippen LogP contribution < -0.4 is 10.6 Å². The monoisotopic (exact) mass is 292 g/mol. The molecule has 0 bridgehead atoms. The summed E-state index contributed by atoms with van der Waals surface area (Å²) in [5, 5.41) is 5.46. The Bertz CT molecular complexity index is 439. The molecule has 0 radical (unpaired) electrons. The largest absolute Gasteiger partial charge is 0.375 e. The number of rotatable bonds is 2. The highest BCUT2D eigenvalue weighted by Gasteiger charge is 2.28. The fourth-order valence-electron chi connectivity index (χ4n) is 1.87. The standard InChI is InChI=1S/C12H14F2N2O2.ClH/c1-7-11(15-2-3-18-7)12(17)16-10-5-8(13)4-9(14)6-10;/h4-7,11,15H,2-3H2,1H3,(H,16,17);1H/t7-,11+;/m1./s1. The third-order valence-corrected chi connectivity index (χ3v) is 2.73. The van der Waals surface area contributed by atoms with E-state index >= 15 is 0 Å². The molecule has 19 heavy (non-hydrogen) atoms. The zero-order valence-corrected chi connectivity index (χ0v) is 11.1. The van der Waals surface area contributed by atoms with Gasteiger partial charge in [0.15, 0.2) is 0 Å². The van der Waals surface area contributed by atoms with Gasteiger partial charge < -0.3 is 15.4 Å². The molecule has 1 aliphatic rings. The van der Waals surface area contributed by atoms with Crippen LogP contribution in [0.5, 0.6) is 0 Å². The van der Waals surface area contributed by atoms with Gasteiger partial charge in [-0.05, 0) is 19.1 Å². The number of nitrogens with one attached hydrogen (secondary N) is 2. The van der Waals surface area contributed by atoms with Gasteiger partial charge in [0, 0.05) is 18.3 Å². The van der Waals surface area contributed by atoms with Gasteiger partial charge in [-0.3, -0.25) is 4.79 Å². The summed E-state index contributed by atoms with van der Waals surface area (Å²) in [6, 6.07) is 2.36. The van der Waals surface area contributed by atoms with E-state index < -0.39 is 17.7 Å². The van der Waals surface area contributed by atoms with Crippen molar-refractivity contribution in [2.24, 2.45) is 0 Å². The highest BCUT2D eigenvalue weighted by molar-refractivity contribution is 5.95. The Balaban J connectivity index is 0.00000180. The van der Waals surface area contributed by atoms with Crippen LogP contribution in [0.15, 0.2) is 18.2 Å². The van der Waals surface area contributed by atoms with E-state index in [-0.39, 0.29) is 30.1 Å². The number of amides is 1. The molecular weight excluding hydrogens is 278 g/mol. The summed E-state index contributed by atoms with van der Waals surface area (Å²) >= 11 is 0. The normalized spacial score (nSPS) is 22.5. The van der Waals surface area contributed by atoms with Gasteiger partial charge in [-0.25, -0.2) is 8.78 Å². The number of benzene rings is 1. The van der Waals surface area contributed by atoms with Crippen LogP contribution in [0.3, 0.4) is 0 Å². The molecule has 1 fully saturated rings. The lowest BCUT2D eigenvalue weighted by Crippen LogP contribution is -2.53. The molecule has 1 heterocycles. The van der Waals surface area contributed by atoms with E-state index in [4.69, 9.17) is 4.74 Å². The van der Waals surface area contributed by atoms with Crippen molar-refractivity contribution in [3.05, 3.63) is 29.8 Å². The number of carbonyl (C=O) groups excluding carboxylic acids is 1. The van der Waals surface area contributed by atoms with Crippen LogP contribution in [-0.4, -0.2) is 31.2 Å². The third-order valence-electron chi connectivity index (χ3n) is 2.73. The van der Waals surface area contributed by atoms with Crippen molar-refractivity contribution >= 4 is 24.0 Å². The van der Waals surface area contributed by atoms with Gasteiger partial charge in [-0.15, -0.1) is 12.4 Å². The predicted octanol–water partition coefficient (Wildman–Crippen LogP) is 1.70. The number of hydrogen-bond donors (Lipinski definition) is 2. The Morgan fingerprint density at radius 1 is 1.37 bits per heavy atom. The molecule has 2 rings (SSSR count). The number of morpholine rings is 1. The van der Waals surface area contributed by atoms with E-state index in [1.165, 1.54) is 0 Å². The molecule has 1 aromatic rings. The number of halogens is 3. The average Bonchev–Trinajstić information content (AvgIpc) is 2.27. The molecule has 2 atom stereocenters. The van der Waals surface area contributed by atoms with E-state index in [1.54, 1.807) is 6.92 Å². The van der Waals surface area contributed by atoms with Crippen molar-refractivity contribution < 1.29 is 18.3 Å². The van der Waals surface area contributed by atoms with Gasteiger partial charge >= 0.3 is 0 Å². The molecule has 1 aromatic carbocycles. The van der Waals surface area contributed by atoms with Crippen molar-refractivity contribution in [2.45, 2.75) is 19.1 Å². The zero-order valence-electron chi connectivity index (χ0n) is 10.3. The molecule has 1 aliphatic heterocycles. The fraction of sp³-hybridized carbons (Fsp3) is 0.417. The predicted molar refractivity (Wildman–Crippen MR) is 69.4 cm³/mol. The molecule has 0 saturated carbocycles. The second-order valence-electron chi connectivity index (χ2n) is 4.16. The molecule has 0 unspecified atom stereocenters. The number of ether oxygens (including phenoxy) is 1. The molecule has 0 aliphatic carbocycles. The maximum absolute atomic E-state index is 13.0. The lowest BCUT2D eigenvalue weighted by Gasteiger charge is -2.29. The first kappa shape index (κ1) is 15.8. The highest BCUT2D eigenvalue weighted by Crippen LogP contribution is 2.14. The molecule has 0 spiro atoms. The number of hydrogen-bond acceptors (Lipinski definition) is 3. The van der Waals surface area contributed by atoms with Gasteiger partial charge in [0.05, 0.1) is 12.7 Å². The van der Waals surface area contributed by atoms with E-state index in [1.807, 2.05) is 0 Å². The van der Waals surface area contributed by atoms with Crippen LogP contribution in [0.4, 0.5) is 14.5 Å². The smallest absolute Gasteiger partial charge is 0.244 e. The van der Waals surface area contributed by atoms with Gasteiger partial charge in [-0.2, -0.15) is 0 Å². The highest BCUT2D eigenvalue weighted by atomic mass is 35.5. The maximum Gasteiger partial charge on any atom is 0.244 e. The van der Waals surface area contributed by atoms with E-state index in [9.17, 15) is 13.6 Å². The van der Waals surface area contributed by atoms with Crippen molar-refractivity contribution in [2.75, 3.05) is 18.5 Å². The summed E-state index contributed by atoms with van der Waals surface area (Å²) in [5.41, 5.74) is 0.0945.